The van der Waals surface area contributed by atoms with Crippen molar-refractivity contribution in [2.45, 2.75) is 37.9 Å². The Hall–Kier alpha value is -3.35. The highest BCUT2D eigenvalue weighted by molar-refractivity contribution is 7.91. The molecule has 13 heteroatoms. The van der Waals surface area contributed by atoms with E-state index in [1.807, 2.05) is 11.0 Å². The summed E-state index contributed by atoms with van der Waals surface area (Å²) < 4.78 is 67.8. The summed E-state index contributed by atoms with van der Waals surface area (Å²) in [6.07, 6.45) is -1.24. The summed E-state index contributed by atoms with van der Waals surface area (Å²) in [4.78, 5) is 20.2. The summed E-state index contributed by atoms with van der Waals surface area (Å²) in [5.74, 6) is -1.11. The molecule has 1 amide bonds. The van der Waals surface area contributed by atoms with Gasteiger partial charge in [-0.05, 0) is 43.4 Å². The number of halogens is 3. The molecule has 2 aliphatic rings. The first-order valence-electron chi connectivity index (χ1n) is 12.5. The number of carbonyl (C=O) groups is 1. The zero-order valence-electron chi connectivity index (χ0n) is 21.1. The number of hydrogen-bond donors (Lipinski definition) is 1. The van der Waals surface area contributed by atoms with Crippen molar-refractivity contribution in [2.24, 2.45) is 5.92 Å². The molecule has 4 heterocycles. The third-order valence-electron chi connectivity index (χ3n) is 7.37. The van der Waals surface area contributed by atoms with Crippen LogP contribution in [0.1, 0.15) is 36.6 Å². The number of benzene rings is 1. The maximum Gasteiger partial charge on any atom is 0.413 e. The standard InChI is InChI=1S/C25H29F3N6O3S/c1-29-21-14-22-30-15-20-19(34(22)31-21)4-3-11-33(20)18-7-5-16(6-8-18)23(25(26,27)28)32(2)24(35)17-9-12-38(36,37)13-10-17/h5-8,14-15,17,23H,3-4,9-13H2,1-2H3,(H,29,31)/t23-/m0/s1. The molecule has 1 aromatic carbocycles. The van der Waals surface area contributed by atoms with Gasteiger partial charge >= 0.3 is 6.18 Å². The number of nitrogens with zero attached hydrogens (tertiary/aromatic N) is 5. The van der Waals surface area contributed by atoms with Crippen LogP contribution in [0.3, 0.4) is 0 Å². The molecule has 1 N–H and O–H groups in total. The molecule has 3 aromatic rings. The predicted molar refractivity (Wildman–Crippen MR) is 137 cm³/mol. The highest BCUT2D eigenvalue weighted by Crippen LogP contribution is 2.40. The van der Waals surface area contributed by atoms with Crippen LogP contribution in [0.15, 0.2) is 36.5 Å². The summed E-state index contributed by atoms with van der Waals surface area (Å²) in [7, 11) is -0.319. The number of nitrogens with one attached hydrogen (secondary N) is 1. The van der Waals surface area contributed by atoms with E-state index in [1.54, 1.807) is 29.9 Å². The molecule has 0 saturated carbocycles. The molecule has 5 rings (SSSR count). The van der Waals surface area contributed by atoms with E-state index in [1.165, 1.54) is 12.1 Å². The first kappa shape index (κ1) is 26.3. The van der Waals surface area contributed by atoms with Crippen molar-refractivity contribution in [1.29, 1.82) is 0 Å². The number of anilines is 3. The number of amides is 1. The van der Waals surface area contributed by atoms with E-state index in [0.29, 0.717) is 28.6 Å². The van der Waals surface area contributed by atoms with Gasteiger partial charge in [-0.25, -0.2) is 17.9 Å². The zero-order chi connectivity index (χ0) is 27.2. The Labute approximate surface area is 218 Å². The lowest BCUT2D eigenvalue weighted by Gasteiger charge is -2.34. The smallest absolute Gasteiger partial charge is 0.372 e. The molecular formula is C25H29F3N6O3S. The van der Waals surface area contributed by atoms with Crippen LogP contribution in [-0.4, -0.2) is 72.1 Å². The highest BCUT2D eigenvalue weighted by Gasteiger charge is 2.46. The fourth-order valence-corrected chi connectivity index (χ4v) is 6.86. The van der Waals surface area contributed by atoms with Crippen LogP contribution in [-0.2, 0) is 21.1 Å². The zero-order valence-corrected chi connectivity index (χ0v) is 21.9. The van der Waals surface area contributed by atoms with E-state index in [-0.39, 0.29) is 29.9 Å². The molecule has 1 fully saturated rings. The van der Waals surface area contributed by atoms with Gasteiger partial charge in [-0.3, -0.25) is 4.79 Å². The van der Waals surface area contributed by atoms with Crippen molar-refractivity contribution < 1.29 is 26.4 Å². The van der Waals surface area contributed by atoms with Crippen LogP contribution >= 0.6 is 0 Å². The van der Waals surface area contributed by atoms with Crippen LogP contribution < -0.4 is 10.2 Å². The number of hydrogen-bond acceptors (Lipinski definition) is 7. The molecule has 1 saturated heterocycles. The molecule has 1 atom stereocenters. The Morgan fingerprint density at radius 3 is 2.50 bits per heavy atom. The van der Waals surface area contributed by atoms with Gasteiger partial charge in [-0.1, -0.05) is 12.1 Å². The van der Waals surface area contributed by atoms with Crippen molar-refractivity contribution in [3.8, 4) is 0 Å². The predicted octanol–water partition coefficient (Wildman–Crippen LogP) is 3.74. The Bertz CT molecular complexity index is 1440. The van der Waals surface area contributed by atoms with Crippen molar-refractivity contribution in [2.75, 3.05) is 42.4 Å². The summed E-state index contributed by atoms with van der Waals surface area (Å²) >= 11 is 0. The van der Waals surface area contributed by atoms with Crippen molar-refractivity contribution in [3.63, 3.8) is 0 Å². The second kappa shape index (κ2) is 9.75. The van der Waals surface area contributed by atoms with Gasteiger partial charge in [0.15, 0.2) is 11.7 Å². The molecule has 0 unspecified atom stereocenters. The van der Waals surface area contributed by atoms with Crippen LogP contribution in [0.25, 0.3) is 5.65 Å². The Balaban J connectivity index is 1.41. The third kappa shape index (κ3) is 4.91. The first-order valence-corrected chi connectivity index (χ1v) is 14.3. The lowest BCUT2D eigenvalue weighted by atomic mass is 9.98. The van der Waals surface area contributed by atoms with E-state index in [2.05, 4.69) is 15.4 Å². The van der Waals surface area contributed by atoms with Crippen LogP contribution in [0.5, 0.6) is 0 Å². The van der Waals surface area contributed by atoms with Gasteiger partial charge in [0.1, 0.15) is 15.7 Å². The number of aromatic nitrogens is 3. The lowest BCUT2D eigenvalue weighted by molar-refractivity contribution is -0.190. The molecule has 9 nitrogen and oxygen atoms in total. The lowest BCUT2D eigenvalue weighted by Crippen LogP contribution is -2.44. The quantitative estimate of drug-likeness (QED) is 0.517. The third-order valence-corrected chi connectivity index (χ3v) is 9.09. The van der Waals surface area contributed by atoms with E-state index >= 15 is 0 Å². The van der Waals surface area contributed by atoms with E-state index < -0.39 is 33.9 Å². The van der Waals surface area contributed by atoms with Crippen LogP contribution in [0.4, 0.5) is 30.4 Å². The normalized spacial score (nSPS) is 18.7. The van der Waals surface area contributed by atoms with Gasteiger partial charge in [0.25, 0.3) is 0 Å². The summed E-state index contributed by atoms with van der Waals surface area (Å²) in [6.45, 7) is 0.672. The molecule has 0 aliphatic carbocycles. The molecule has 2 aromatic heterocycles. The van der Waals surface area contributed by atoms with E-state index in [9.17, 15) is 26.4 Å². The average molecular weight is 551 g/mol. The minimum Gasteiger partial charge on any atom is -0.372 e. The second-order valence-electron chi connectivity index (χ2n) is 9.81. The number of alkyl halides is 3. The number of aryl methyl sites for hydroxylation is 1. The average Bonchev–Trinajstić information content (AvgIpc) is 3.32. The largest absolute Gasteiger partial charge is 0.413 e. The summed E-state index contributed by atoms with van der Waals surface area (Å²) in [5, 5.41) is 7.54. The fraction of sp³-hybridized carbons (Fsp3) is 0.480. The molecule has 204 valence electrons. The molecule has 2 aliphatic heterocycles. The molecule has 0 spiro atoms. The van der Waals surface area contributed by atoms with Gasteiger partial charge in [-0.15, -0.1) is 5.10 Å². The van der Waals surface area contributed by atoms with Gasteiger partial charge in [0.2, 0.25) is 5.91 Å². The second-order valence-corrected chi connectivity index (χ2v) is 12.1. The Morgan fingerprint density at radius 1 is 1.18 bits per heavy atom. The maximum atomic E-state index is 14.2. The van der Waals surface area contributed by atoms with Crippen molar-refractivity contribution in [3.05, 3.63) is 47.8 Å². The van der Waals surface area contributed by atoms with Crippen LogP contribution in [0.2, 0.25) is 0 Å². The summed E-state index contributed by atoms with van der Waals surface area (Å²) in [6, 6.07) is 5.75. The topological polar surface area (TPSA) is 99.9 Å². The van der Waals surface area contributed by atoms with E-state index in [4.69, 9.17) is 0 Å². The first-order chi connectivity index (χ1) is 18.0. The fourth-order valence-electron chi connectivity index (χ4n) is 5.37. The van der Waals surface area contributed by atoms with Crippen molar-refractivity contribution >= 4 is 38.6 Å². The number of carbonyl (C=O) groups excluding carboxylic acids is 1. The molecule has 0 bridgehead atoms. The molecule has 0 radical (unpaired) electrons. The number of sulfone groups is 1. The number of rotatable bonds is 5. The number of fused-ring (bicyclic) bond motifs is 3. The maximum absolute atomic E-state index is 14.2. The Kier molecular flexibility index (Phi) is 6.74. The molecule has 38 heavy (non-hydrogen) atoms. The van der Waals surface area contributed by atoms with Gasteiger partial charge < -0.3 is 15.1 Å². The minimum absolute atomic E-state index is 0.0385. The van der Waals surface area contributed by atoms with Gasteiger partial charge in [-0.2, -0.15) is 13.2 Å². The van der Waals surface area contributed by atoms with E-state index in [0.717, 1.165) is 31.3 Å². The Morgan fingerprint density at radius 2 is 1.87 bits per heavy atom. The highest BCUT2D eigenvalue weighted by atomic mass is 32.2. The van der Waals surface area contributed by atoms with Gasteiger partial charge in [0.05, 0.1) is 29.1 Å². The minimum atomic E-state index is -4.70. The monoisotopic (exact) mass is 550 g/mol. The van der Waals surface area contributed by atoms with Gasteiger partial charge in [0, 0.05) is 38.3 Å². The SMILES string of the molecule is CNc1cc2ncc3c(n2n1)CCCN3c1ccc([C@H](N(C)C(=O)C2CCS(=O)(=O)CC2)C(F)(F)F)cc1. The van der Waals surface area contributed by atoms with Crippen LogP contribution in [0, 0.1) is 5.92 Å². The van der Waals surface area contributed by atoms with Crippen molar-refractivity contribution in [1.82, 2.24) is 19.5 Å². The summed E-state index contributed by atoms with van der Waals surface area (Å²) in [5.41, 5.74) is 3.18. The molecular weight excluding hydrogens is 521 g/mol.